The minimum absolute atomic E-state index is 0.0184. The molecule has 0 spiro atoms. The molecule has 0 aliphatic carbocycles. The number of anilines is 1. The number of hydrogen-bond donors (Lipinski definition) is 1. The second-order valence-corrected chi connectivity index (χ2v) is 4.82. The number of pyridine rings is 1. The van der Waals surface area contributed by atoms with Crippen LogP contribution in [0.2, 0.25) is 0 Å². The van der Waals surface area contributed by atoms with Crippen LogP contribution in [0.1, 0.15) is 23.7 Å². The lowest BCUT2D eigenvalue weighted by Crippen LogP contribution is -2.24. The fourth-order valence-corrected chi connectivity index (χ4v) is 2.27. The Morgan fingerprint density at radius 1 is 1.32 bits per heavy atom. The summed E-state index contributed by atoms with van der Waals surface area (Å²) in [4.78, 5) is 29.0. The van der Waals surface area contributed by atoms with Gasteiger partial charge in [0.1, 0.15) is 5.56 Å². The smallest absolute Gasteiger partial charge is 0.341 e. The van der Waals surface area contributed by atoms with Gasteiger partial charge in [0.25, 0.3) is 0 Å². The van der Waals surface area contributed by atoms with E-state index in [1.54, 1.807) is 18.9 Å². The Morgan fingerprint density at radius 3 is 2.73 bits per heavy atom. The summed E-state index contributed by atoms with van der Waals surface area (Å²) in [6, 6.07) is 7.42. The van der Waals surface area contributed by atoms with Gasteiger partial charge in [-0.1, -0.05) is 18.2 Å². The summed E-state index contributed by atoms with van der Waals surface area (Å²) >= 11 is 0. The molecule has 0 fully saturated rings. The first-order chi connectivity index (χ1) is 10.5. The average molecular weight is 302 g/mol. The lowest BCUT2D eigenvalue weighted by atomic mass is 10.1. The van der Waals surface area contributed by atoms with E-state index >= 15 is 0 Å². The molecule has 0 unspecified atom stereocenters. The van der Waals surface area contributed by atoms with E-state index in [2.05, 4.69) is 4.98 Å². The quantitative estimate of drug-likeness (QED) is 0.825. The van der Waals surface area contributed by atoms with Gasteiger partial charge in [-0.3, -0.25) is 9.78 Å². The van der Waals surface area contributed by atoms with E-state index in [1.807, 2.05) is 24.3 Å². The van der Waals surface area contributed by atoms with Crippen molar-refractivity contribution < 1.29 is 19.4 Å². The Hall–Kier alpha value is -2.63. The summed E-state index contributed by atoms with van der Waals surface area (Å²) in [5, 5.41) is 9.65. The minimum Gasteiger partial charge on any atom is -0.481 e. The van der Waals surface area contributed by atoms with Crippen LogP contribution in [-0.4, -0.2) is 42.2 Å². The number of aromatic nitrogens is 1. The molecule has 1 N–H and O–H groups in total. The number of carbonyl (C=O) groups excluding carboxylic acids is 1. The van der Waals surface area contributed by atoms with Crippen molar-refractivity contribution in [2.75, 3.05) is 25.1 Å². The van der Waals surface area contributed by atoms with E-state index in [1.165, 1.54) is 6.20 Å². The van der Waals surface area contributed by atoms with Gasteiger partial charge < -0.3 is 14.7 Å². The number of rotatable bonds is 6. The lowest BCUT2D eigenvalue weighted by molar-refractivity contribution is -0.136. The average Bonchev–Trinajstić information content (AvgIpc) is 2.51. The van der Waals surface area contributed by atoms with Crippen molar-refractivity contribution in [1.29, 1.82) is 0 Å². The number of carbonyl (C=O) groups is 2. The van der Waals surface area contributed by atoms with Crippen LogP contribution in [0.5, 0.6) is 0 Å². The molecule has 0 amide bonds. The highest BCUT2D eigenvalue weighted by atomic mass is 16.5. The van der Waals surface area contributed by atoms with Crippen molar-refractivity contribution in [1.82, 2.24) is 4.98 Å². The molecule has 2 rings (SSSR count). The molecule has 0 radical (unpaired) electrons. The van der Waals surface area contributed by atoms with E-state index in [9.17, 15) is 9.59 Å². The molecular weight excluding hydrogens is 284 g/mol. The summed E-state index contributed by atoms with van der Waals surface area (Å²) in [6.45, 7) is 2.29. The minimum atomic E-state index is -0.886. The van der Waals surface area contributed by atoms with Gasteiger partial charge in [0.15, 0.2) is 0 Å². The molecule has 0 saturated heterocycles. The third kappa shape index (κ3) is 3.33. The SMILES string of the molecule is CCOC(=O)c1cnc2ccccc2c1N(C)CCC(=O)O. The van der Waals surface area contributed by atoms with E-state index in [-0.39, 0.29) is 19.6 Å². The molecule has 0 atom stereocenters. The fraction of sp³-hybridized carbons (Fsp3) is 0.312. The van der Waals surface area contributed by atoms with Crippen LogP contribution in [0.4, 0.5) is 5.69 Å². The number of fused-ring (bicyclic) bond motifs is 1. The largest absolute Gasteiger partial charge is 0.481 e. The van der Waals surface area contributed by atoms with Crippen LogP contribution in [0.3, 0.4) is 0 Å². The number of para-hydroxylation sites is 1. The third-order valence-electron chi connectivity index (χ3n) is 3.29. The molecule has 0 saturated carbocycles. The van der Waals surface area contributed by atoms with Gasteiger partial charge >= 0.3 is 11.9 Å². The molecular formula is C16H18N2O4. The van der Waals surface area contributed by atoms with Gasteiger partial charge in [-0.05, 0) is 13.0 Å². The number of hydrogen-bond acceptors (Lipinski definition) is 5. The third-order valence-corrected chi connectivity index (χ3v) is 3.29. The van der Waals surface area contributed by atoms with Crippen LogP contribution in [0.15, 0.2) is 30.5 Å². The number of ether oxygens (including phenoxy) is 1. The monoisotopic (exact) mass is 302 g/mol. The summed E-state index contributed by atoms with van der Waals surface area (Å²) < 4.78 is 5.07. The maximum absolute atomic E-state index is 12.1. The molecule has 22 heavy (non-hydrogen) atoms. The number of nitrogens with zero attached hydrogens (tertiary/aromatic N) is 2. The van der Waals surface area contributed by atoms with Gasteiger partial charge in [0.2, 0.25) is 0 Å². The van der Waals surface area contributed by atoms with Crippen LogP contribution in [0.25, 0.3) is 10.9 Å². The molecule has 0 bridgehead atoms. The normalized spacial score (nSPS) is 10.5. The van der Waals surface area contributed by atoms with Gasteiger partial charge in [-0.25, -0.2) is 4.79 Å². The molecule has 116 valence electrons. The summed E-state index contributed by atoms with van der Waals surface area (Å²) in [5.74, 6) is -1.35. The number of benzene rings is 1. The summed E-state index contributed by atoms with van der Waals surface area (Å²) in [7, 11) is 1.76. The van der Waals surface area contributed by atoms with Crippen molar-refractivity contribution in [2.45, 2.75) is 13.3 Å². The second kappa shape index (κ2) is 6.89. The molecule has 1 heterocycles. The maximum Gasteiger partial charge on any atom is 0.341 e. The van der Waals surface area contributed by atoms with Gasteiger partial charge in [0.05, 0.1) is 24.2 Å². The predicted molar refractivity (Wildman–Crippen MR) is 83.2 cm³/mol. The highest BCUT2D eigenvalue weighted by molar-refractivity contribution is 6.05. The second-order valence-electron chi connectivity index (χ2n) is 4.82. The van der Waals surface area contributed by atoms with Crippen LogP contribution >= 0.6 is 0 Å². The Morgan fingerprint density at radius 2 is 2.05 bits per heavy atom. The predicted octanol–water partition coefficient (Wildman–Crippen LogP) is 2.32. The number of aliphatic carboxylic acids is 1. The van der Waals surface area contributed by atoms with Crippen molar-refractivity contribution in [3.63, 3.8) is 0 Å². The molecule has 1 aromatic heterocycles. The highest BCUT2D eigenvalue weighted by Gasteiger charge is 2.19. The maximum atomic E-state index is 12.1. The highest BCUT2D eigenvalue weighted by Crippen LogP contribution is 2.29. The molecule has 1 aromatic carbocycles. The molecule has 2 aromatic rings. The first kappa shape index (κ1) is 15.8. The van der Waals surface area contributed by atoms with E-state index in [0.29, 0.717) is 11.3 Å². The zero-order chi connectivity index (χ0) is 16.1. The lowest BCUT2D eigenvalue weighted by Gasteiger charge is -2.22. The zero-order valence-electron chi connectivity index (χ0n) is 12.6. The standard InChI is InChI=1S/C16H18N2O4/c1-3-22-16(21)12-10-17-13-7-5-4-6-11(13)15(12)18(2)9-8-14(19)20/h4-7,10H,3,8-9H2,1-2H3,(H,19,20). The van der Waals surface area contributed by atoms with E-state index in [0.717, 1.165) is 10.9 Å². The topological polar surface area (TPSA) is 79.7 Å². The van der Waals surface area contributed by atoms with Crippen molar-refractivity contribution in [2.24, 2.45) is 0 Å². The van der Waals surface area contributed by atoms with Crippen molar-refractivity contribution in [3.8, 4) is 0 Å². The molecule has 0 aliphatic rings. The Bertz CT molecular complexity index is 700. The Labute approximate surface area is 128 Å². The number of carboxylic acid groups (broad SMARTS) is 1. The first-order valence-electron chi connectivity index (χ1n) is 7.02. The number of carboxylic acids is 1. The zero-order valence-corrected chi connectivity index (χ0v) is 12.6. The van der Waals surface area contributed by atoms with Gasteiger partial charge in [-0.2, -0.15) is 0 Å². The van der Waals surface area contributed by atoms with Crippen LogP contribution < -0.4 is 4.90 Å². The summed E-state index contributed by atoms with van der Waals surface area (Å²) in [5.41, 5.74) is 1.73. The molecule has 0 aliphatic heterocycles. The van der Waals surface area contributed by atoms with Gasteiger partial charge in [-0.15, -0.1) is 0 Å². The van der Waals surface area contributed by atoms with Crippen molar-refractivity contribution >= 4 is 28.5 Å². The molecule has 6 nitrogen and oxygen atoms in total. The van der Waals surface area contributed by atoms with Crippen LogP contribution in [0, 0.1) is 0 Å². The Kier molecular flexibility index (Phi) is 4.93. The van der Waals surface area contributed by atoms with Crippen LogP contribution in [-0.2, 0) is 9.53 Å². The first-order valence-corrected chi connectivity index (χ1v) is 7.02. The molecule has 6 heteroatoms. The number of esters is 1. The van der Waals surface area contributed by atoms with Gasteiger partial charge in [0, 0.05) is 25.2 Å². The van der Waals surface area contributed by atoms with Crippen molar-refractivity contribution in [3.05, 3.63) is 36.0 Å². The fourth-order valence-electron chi connectivity index (χ4n) is 2.27. The Balaban J connectivity index is 2.52. The summed E-state index contributed by atoms with van der Waals surface area (Å²) in [6.07, 6.45) is 1.46. The van der Waals surface area contributed by atoms with E-state index in [4.69, 9.17) is 9.84 Å². The van der Waals surface area contributed by atoms with E-state index < -0.39 is 11.9 Å².